The largest absolute Gasteiger partial charge is 0.345 e. The maximum atomic E-state index is 6.27. The maximum absolute atomic E-state index is 6.27. The van der Waals surface area contributed by atoms with Crippen molar-refractivity contribution in [2.75, 3.05) is 14.2 Å². The highest BCUT2D eigenvalue weighted by Crippen LogP contribution is 2.53. The van der Waals surface area contributed by atoms with Gasteiger partial charge in [0.15, 0.2) is 0 Å². The summed E-state index contributed by atoms with van der Waals surface area (Å²) in [6.45, 7) is 0. The summed E-state index contributed by atoms with van der Waals surface area (Å²) < 4.78 is 12.5. The van der Waals surface area contributed by atoms with Crippen molar-refractivity contribution >= 4 is 0 Å². The Bertz CT molecular complexity index is 1550. The molecule has 2 aliphatic rings. The van der Waals surface area contributed by atoms with E-state index in [1.807, 2.05) is 0 Å². The number of hydrogen-bond donors (Lipinski definition) is 0. The first-order valence-corrected chi connectivity index (χ1v) is 13.5. The average Bonchev–Trinajstić information content (AvgIpc) is 3.41. The molecule has 0 amide bonds. The molecule has 1 saturated carbocycles. The van der Waals surface area contributed by atoms with Gasteiger partial charge in [-0.25, -0.2) is 0 Å². The Morgan fingerprint density at radius 3 is 1.44 bits per heavy atom. The fourth-order valence-electron chi connectivity index (χ4n) is 6.41. The minimum absolute atomic E-state index is 0.881. The molecule has 2 nitrogen and oxygen atoms in total. The highest BCUT2D eigenvalue weighted by molar-refractivity contribution is 5.79. The van der Waals surface area contributed by atoms with E-state index in [0.717, 1.165) is 24.0 Å². The van der Waals surface area contributed by atoms with E-state index < -0.39 is 5.79 Å². The predicted octanol–water partition coefficient (Wildman–Crippen LogP) is 9.00. The normalized spacial score (nSPS) is 15.0. The molecule has 0 aliphatic heterocycles. The Labute approximate surface area is 230 Å². The molecule has 0 saturated heterocycles. The zero-order valence-corrected chi connectivity index (χ0v) is 22.3. The van der Waals surface area contributed by atoms with Gasteiger partial charge in [0, 0.05) is 32.3 Å². The van der Waals surface area contributed by atoms with E-state index in [2.05, 4.69) is 121 Å². The van der Waals surface area contributed by atoms with E-state index in [0.29, 0.717) is 0 Å². The monoisotopic (exact) mass is 506 g/mol. The smallest absolute Gasteiger partial charge is 0.216 e. The highest BCUT2D eigenvalue weighted by Gasteiger charge is 2.53. The molecule has 0 atom stereocenters. The van der Waals surface area contributed by atoms with Crippen LogP contribution in [0.3, 0.4) is 0 Å². The molecule has 0 radical (unpaired) electrons. The lowest BCUT2D eigenvalue weighted by Crippen LogP contribution is -2.42. The molecule has 5 aromatic carbocycles. The summed E-state index contributed by atoms with van der Waals surface area (Å²) in [5.74, 6) is 1.44. The number of rotatable bonds is 2. The summed E-state index contributed by atoms with van der Waals surface area (Å²) in [6, 6.07) is 44.1. The lowest BCUT2D eigenvalue weighted by atomic mass is 9.84. The lowest BCUT2D eigenvalue weighted by Gasteiger charge is -2.39. The van der Waals surface area contributed by atoms with Gasteiger partial charge in [0.2, 0.25) is 5.79 Å². The number of hydrogen-bond acceptors (Lipinski definition) is 2. The number of fused-ring (bicyclic) bond motifs is 18. The first-order valence-electron chi connectivity index (χ1n) is 13.5. The van der Waals surface area contributed by atoms with Crippen molar-refractivity contribution in [1.82, 2.24) is 0 Å². The molecule has 190 valence electrons. The molecule has 0 unspecified atom stereocenters. The van der Waals surface area contributed by atoms with Crippen molar-refractivity contribution in [3.8, 4) is 44.5 Å². The van der Waals surface area contributed by atoms with Gasteiger partial charge in [-0.2, -0.15) is 17.7 Å². The van der Waals surface area contributed by atoms with Crippen molar-refractivity contribution in [3.05, 3.63) is 144 Å². The summed E-state index contributed by atoms with van der Waals surface area (Å²) in [5, 5.41) is 0. The summed E-state index contributed by atoms with van der Waals surface area (Å²) in [7, 11) is 3.52. The van der Waals surface area contributed by atoms with Crippen LogP contribution in [0.5, 0.6) is 0 Å². The standard InChI is InChI=1S/C37H30O2/c1-38-37(39-2)35-18-19-36(37)34-17-7-15-32(24-34)30-13-5-11-28(22-30)26-9-3-8-25(20-26)27-10-4-12-29(21-27)31-14-6-16-33(35)23-31/h3-17,20-24H,18-19H2,1-2H3. The second kappa shape index (κ2) is 9.50. The van der Waals surface area contributed by atoms with Crippen LogP contribution in [0.15, 0.2) is 121 Å². The molecule has 2 aliphatic carbocycles. The highest BCUT2D eigenvalue weighted by atomic mass is 16.7. The first-order chi connectivity index (χ1) is 19.2. The van der Waals surface area contributed by atoms with Gasteiger partial charge in [0.05, 0.1) is 12.0 Å². The van der Waals surface area contributed by atoms with Crippen LogP contribution in [0, 0.1) is 11.8 Å². The van der Waals surface area contributed by atoms with Crippen LogP contribution in [0.4, 0.5) is 0 Å². The van der Waals surface area contributed by atoms with E-state index in [1.54, 1.807) is 14.2 Å². The minimum Gasteiger partial charge on any atom is -0.345 e. The van der Waals surface area contributed by atoms with Gasteiger partial charge >= 0.3 is 0 Å². The van der Waals surface area contributed by atoms with Crippen LogP contribution in [-0.2, 0) is 9.47 Å². The van der Waals surface area contributed by atoms with E-state index in [4.69, 9.17) is 9.47 Å². The Morgan fingerprint density at radius 1 is 0.538 bits per heavy atom. The van der Waals surface area contributed by atoms with Crippen molar-refractivity contribution in [2.45, 2.75) is 18.6 Å². The number of ether oxygens (including phenoxy) is 2. The fourth-order valence-corrected chi connectivity index (χ4v) is 6.41. The first kappa shape index (κ1) is 23.8. The number of methoxy groups -OCH3 is 2. The van der Waals surface area contributed by atoms with Crippen molar-refractivity contribution in [2.24, 2.45) is 0 Å². The summed E-state index contributed by atoms with van der Waals surface area (Å²) in [4.78, 5) is 0. The van der Waals surface area contributed by atoms with Crippen LogP contribution < -0.4 is 0 Å². The second-order valence-corrected chi connectivity index (χ2v) is 10.4. The second-order valence-electron chi connectivity index (χ2n) is 10.4. The maximum Gasteiger partial charge on any atom is 0.216 e. The zero-order chi connectivity index (χ0) is 26.4. The third-order valence-corrected chi connectivity index (χ3v) is 8.34. The van der Waals surface area contributed by atoms with E-state index in [-0.39, 0.29) is 0 Å². The van der Waals surface area contributed by atoms with Crippen molar-refractivity contribution in [1.29, 1.82) is 0 Å². The lowest BCUT2D eigenvalue weighted by molar-refractivity contribution is -0.168. The van der Waals surface area contributed by atoms with Gasteiger partial charge < -0.3 is 9.47 Å². The van der Waals surface area contributed by atoms with Gasteiger partial charge in [0.25, 0.3) is 0 Å². The SMILES string of the molecule is COC1(OC)[C+]2CC[C-]1c1cccc(c1)-c1cccc(c1)-c1cccc(c1)-c1cccc(c1)-c1cccc2c1. The number of benzene rings is 5. The zero-order valence-electron chi connectivity index (χ0n) is 22.3. The van der Waals surface area contributed by atoms with Crippen LogP contribution in [0.25, 0.3) is 44.5 Å². The molecule has 0 heterocycles. The Morgan fingerprint density at radius 2 is 0.949 bits per heavy atom. The van der Waals surface area contributed by atoms with Crippen molar-refractivity contribution < 1.29 is 9.47 Å². The molecule has 12 bridgehead atoms. The Kier molecular flexibility index (Phi) is 5.81. The molecule has 0 aromatic heterocycles. The molecule has 7 rings (SSSR count). The molecular formula is C37H30O2. The molecule has 39 heavy (non-hydrogen) atoms. The van der Waals surface area contributed by atoms with Crippen LogP contribution >= 0.6 is 0 Å². The van der Waals surface area contributed by atoms with Gasteiger partial charge in [0.1, 0.15) is 5.56 Å². The van der Waals surface area contributed by atoms with Gasteiger partial charge in [-0.15, -0.1) is 6.07 Å². The molecule has 1 fully saturated rings. The van der Waals surface area contributed by atoms with Crippen LogP contribution in [0.2, 0.25) is 0 Å². The fraction of sp³-hybridized carbons (Fsp3) is 0.135. The van der Waals surface area contributed by atoms with Gasteiger partial charge in [-0.3, -0.25) is 0 Å². The third-order valence-electron chi connectivity index (χ3n) is 8.34. The minimum atomic E-state index is -0.899. The molecule has 0 N–H and O–H groups in total. The van der Waals surface area contributed by atoms with Crippen LogP contribution in [0.1, 0.15) is 24.0 Å². The van der Waals surface area contributed by atoms with Gasteiger partial charge in [-0.1, -0.05) is 78.6 Å². The van der Waals surface area contributed by atoms with Gasteiger partial charge in [-0.05, 0) is 63.7 Å². The van der Waals surface area contributed by atoms with E-state index in [1.165, 1.54) is 56.3 Å². The summed E-state index contributed by atoms with van der Waals surface area (Å²) in [5.41, 5.74) is 11.9. The van der Waals surface area contributed by atoms with E-state index >= 15 is 0 Å². The molecule has 5 aromatic rings. The summed E-state index contributed by atoms with van der Waals surface area (Å²) in [6.07, 6.45) is 1.76. The Balaban J connectivity index is 1.48. The Hall–Kier alpha value is -4.24. The van der Waals surface area contributed by atoms with Crippen LogP contribution in [-0.4, -0.2) is 20.0 Å². The summed E-state index contributed by atoms with van der Waals surface area (Å²) >= 11 is 0. The topological polar surface area (TPSA) is 18.5 Å². The molecular weight excluding hydrogens is 476 g/mol. The average molecular weight is 507 g/mol. The third kappa shape index (κ3) is 3.96. The molecule has 2 heteroatoms. The predicted molar refractivity (Wildman–Crippen MR) is 159 cm³/mol. The quantitative estimate of drug-likeness (QED) is 0.176. The van der Waals surface area contributed by atoms with Crippen molar-refractivity contribution in [3.63, 3.8) is 0 Å². The van der Waals surface area contributed by atoms with E-state index in [9.17, 15) is 0 Å². The molecule has 0 spiro atoms.